The number of aliphatic imine (C=N–C) groups is 1. The topological polar surface area (TPSA) is 75.6 Å². The molecule has 0 unspecified atom stereocenters. The Kier molecular flexibility index (Phi) is 8.42. The number of carbonyl (C=O) groups excluding carboxylic acids is 1. The van der Waals surface area contributed by atoms with Crippen molar-refractivity contribution in [2.24, 2.45) is 4.99 Å². The van der Waals surface area contributed by atoms with Crippen LogP contribution in [0.4, 0.5) is 0 Å². The van der Waals surface area contributed by atoms with Crippen molar-refractivity contribution in [1.82, 2.24) is 15.6 Å². The van der Waals surface area contributed by atoms with Gasteiger partial charge < -0.3 is 15.4 Å². The van der Waals surface area contributed by atoms with Crippen LogP contribution in [0.3, 0.4) is 0 Å². The SMILES string of the molecule is CN=C(NCCCCC(=O)OC)NCCc1ncc(C)s1. The Balaban J connectivity index is 2.10. The minimum atomic E-state index is -0.156. The van der Waals surface area contributed by atoms with Crippen LogP contribution in [0.25, 0.3) is 0 Å². The fraction of sp³-hybridized carbons (Fsp3) is 0.643. The maximum Gasteiger partial charge on any atom is 0.305 e. The highest BCUT2D eigenvalue weighted by molar-refractivity contribution is 7.11. The quantitative estimate of drug-likeness (QED) is 0.329. The molecule has 0 fully saturated rings. The molecule has 0 aliphatic carbocycles. The van der Waals surface area contributed by atoms with Crippen molar-refractivity contribution in [2.75, 3.05) is 27.2 Å². The predicted octanol–water partition coefficient (Wildman–Crippen LogP) is 1.50. The summed E-state index contributed by atoms with van der Waals surface area (Å²) in [5, 5.41) is 7.61. The highest BCUT2D eigenvalue weighted by Crippen LogP contribution is 2.10. The number of ether oxygens (including phenoxy) is 1. The number of methoxy groups -OCH3 is 1. The summed E-state index contributed by atoms with van der Waals surface area (Å²) in [6.45, 7) is 3.64. The first-order chi connectivity index (χ1) is 10.2. The van der Waals surface area contributed by atoms with Crippen LogP contribution < -0.4 is 10.6 Å². The van der Waals surface area contributed by atoms with Crippen LogP contribution in [-0.2, 0) is 16.0 Å². The highest BCUT2D eigenvalue weighted by Gasteiger charge is 2.02. The minimum Gasteiger partial charge on any atom is -0.469 e. The van der Waals surface area contributed by atoms with Crippen molar-refractivity contribution in [3.63, 3.8) is 0 Å². The second-order valence-electron chi connectivity index (χ2n) is 4.57. The third kappa shape index (κ3) is 7.65. The molecular weight excluding hydrogens is 288 g/mol. The molecule has 1 rings (SSSR count). The van der Waals surface area contributed by atoms with Crippen molar-refractivity contribution in [1.29, 1.82) is 0 Å². The molecule has 0 aliphatic rings. The number of rotatable bonds is 8. The Bertz CT molecular complexity index is 460. The third-order valence-corrected chi connectivity index (χ3v) is 3.82. The van der Waals surface area contributed by atoms with Crippen LogP contribution in [0.2, 0.25) is 0 Å². The summed E-state index contributed by atoms with van der Waals surface area (Å²) >= 11 is 1.72. The number of nitrogens with zero attached hydrogens (tertiary/aromatic N) is 2. The monoisotopic (exact) mass is 312 g/mol. The van der Waals surface area contributed by atoms with Crippen molar-refractivity contribution in [3.05, 3.63) is 16.1 Å². The Labute approximate surface area is 130 Å². The van der Waals surface area contributed by atoms with Crippen LogP contribution >= 0.6 is 11.3 Å². The van der Waals surface area contributed by atoms with E-state index in [4.69, 9.17) is 0 Å². The van der Waals surface area contributed by atoms with Gasteiger partial charge in [-0.05, 0) is 19.8 Å². The fourth-order valence-electron chi connectivity index (χ4n) is 1.73. The number of unbranched alkanes of at least 4 members (excludes halogenated alkanes) is 1. The molecule has 0 bridgehead atoms. The van der Waals surface area contributed by atoms with Crippen molar-refractivity contribution >= 4 is 23.3 Å². The van der Waals surface area contributed by atoms with E-state index in [1.165, 1.54) is 12.0 Å². The van der Waals surface area contributed by atoms with Crippen LogP contribution in [-0.4, -0.2) is 44.2 Å². The van der Waals surface area contributed by atoms with E-state index in [-0.39, 0.29) is 5.97 Å². The molecule has 0 saturated carbocycles. The van der Waals surface area contributed by atoms with Gasteiger partial charge in [0.2, 0.25) is 0 Å². The van der Waals surface area contributed by atoms with E-state index in [1.807, 2.05) is 6.20 Å². The standard InChI is InChI=1S/C14H24N4O2S/c1-11-10-18-12(21-11)7-9-17-14(15-2)16-8-5-4-6-13(19)20-3/h10H,4-9H2,1-3H3,(H2,15,16,17). The number of hydrogen-bond donors (Lipinski definition) is 2. The molecule has 6 nitrogen and oxygen atoms in total. The Hall–Kier alpha value is -1.63. The minimum absolute atomic E-state index is 0.156. The molecule has 118 valence electrons. The molecule has 1 heterocycles. The van der Waals surface area contributed by atoms with Crippen LogP contribution in [0.1, 0.15) is 29.1 Å². The summed E-state index contributed by atoms with van der Waals surface area (Å²) in [7, 11) is 3.16. The largest absolute Gasteiger partial charge is 0.469 e. The molecule has 7 heteroatoms. The molecule has 0 atom stereocenters. The zero-order valence-electron chi connectivity index (χ0n) is 12.9. The first-order valence-electron chi connectivity index (χ1n) is 7.08. The number of hydrogen-bond acceptors (Lipinski definition) is 5. The predicted molar refractivity (Wildman–Crippen MR) is 85.8 cm³/mol. The fourth-order valence-corrected chi connectivity index (χ4v) is 2.52. The highest BCUT2D eigenvalue weighted by atomic mass is 32.1. The number of aryl methyl sites for hydroxylation is 1. The van der Waals surface area contributed by atoms with E-state index in [0.717, 1.165) is 43.3 Å². The number of aromatic nitrogens is 1. The van der Waals surface area contributed by atoms with E-state index in [0.29, 0.717) is 6.42 Å². The van der Waals surface area contributed by atoms with Gasteiger partial charge in [0.15, 0.2) is 5.96 Å². The molecule has 1 aromatic heterocycles. The van der Waals surface area contributed by atoms with Gasteiger partial charge in [0.05, 0.1) is 12.1 Å². The molecule has 2 N–H and O–H groups in total. The van der Waals surface area contributed by atoms with Crippen molar-refractivity contribution in [3.8, 4) is 0 Å². The molecule has 0 amide bonds. The van der Waals surface area contributed by atoms with E-state index < -0.39 is 0 Å². The van der Waals surface area contributed by atoms with Gasteiger partial charge in [-0.1, -0.05) is 0 Å². The van der Waals surface area contributed by atoms with Gasteiger partial charge in [-0.25, -0.2) is 4.98 Å². The van der Waals surface area contributed by atoms with Crippen molar-refractivity contribution in [2.45, 2.75) is 32.6 Å². The summed E-state index contributed by atoms with van der Waals surface area (Å²) in [4.78, 5) is 20.7. The summed E-state index contributed by atoms with van der Waals surface area (Å²) in [6, 6.07) is 0. The molecule has 0 aromatic carbocycles. The number of nitrogens with one attached hydrogen (secondary N) is 2. The molecule has 0 spiro atoms. The third-order valence-electron chi connectivity index (χ3n) is 2.85. The van der Waals surface area contributed by atoms with Gasteiger partial charge in [-0.15, -0.1) is 11.3 Å². The number of esters is 1. The van der Waals surface area contributed by atoms with E-state index in [2.05, 4.69) is 32.3 Å². The summed E-state index contributed by atoms with van der Waals surface area (Å²) in [6.07, 6.45) is 4.97. The van der Waals surface area contributed by atoms with Gasteiger partial charge in [0, 0.05) is 44.1 Å². The zero-order chi connectivity index (χ0) is 15.5. The van der Waals surface area contributed by atoms with Crippen molar-refractivity contribution < 1.29 is 9.53 Å². The second-order valence-corrected chi connectivity index (χ2v) is 5.89. The number of carbonyl (C=O) groups is 1. The Morgan fingerprint density at radius 2 is 2.14 bits per heavy atom. The lowest BCUT2D eigenvalue weighted by Crippen LogP contribution is -2.38. The average Bonchev–Trinajstić information content (AvgIpc) is 2.90. The number of guanidine groups is 1. The van der Waals surface area contributed by atoms with Gasteiger partial charge in [-0.3, -0.25) is 9.79 Å². The average molecular weight is 312 g/mol. The lowest BCUT2D eigenvalue weighted by atomic mass is 10.2. The summed E-state index contributed by atoms with van der Waals surface area (Å²) in [5.41, 5.74) is 0. The maximum absolute atomic E-state index is 11.0. The molecule has 1 aromatic rings. The smallest absolute Gasteiger partial charge is 0.305 e. The lowest BCUT2D eigenvalue weighted by molar-refractivity contribution is -0.140. The van der Waals surface area contributed by atoms with Gasteiger partial charge >= 0.3 is 5.97 Å². The normalized spacial score (nSPS) is 11.3. The zero-order valence-corrected chi connectivity index (χ0v) is 13.8. The summed E-state index contributed by atoms with van der Waals surface area (Å²) < 4.78 is 4.60. The van der Waals surface area contributed by atoms with Gasteiger partial charge in [-0.2, -0.15) is 0 Å². The first-order valence-corrected chi connectivity index (χ1v) is 7.90. The van der Waals surface area contributed by atoms with Gasteiger partial charge in [0.1, 0.15) is 0 Å². The van der Waals surface area contributed by atoms with Crippen LogP contribution in [0.5, 0.6) is 0 Å². The van der Waals surface area contributed by atoms with E-state index >= 15 is 0 Å². The second kappa shape index (κ2) is 10.1. The first kappa shape index (κ1) is 17.4. The Morgan fingerprint density at radius 1 is 1.38 bits per heavy atom. The molecule has 0 saturated heterocycles. The lowest BCUT2D eigenvalue weighted by Gasteiger charge is -2.11. The summed E-state index contributed by atoms with van der Waals surface area (Å²) in [5.74, 6) is 0.623. The van der Waals surface area contributed by atoms with E-state index in [1.54, 1.807) is 18.4 Å². The van der Waals surface area contributed by atoms with Gasteiger partial charge in [0.25, 0.3) is 0 Å². The molecule has 0 radical (unpaired) electrons. The van der Waals surface area contributed by atoms with E-state index in [9.17, 15) is 4.79 Å². The maximum atomic E-state index is 11.0. The van der Waals surface area contributed by atoms with Crippen LogP contribution in [0.15, 0.2) is 11.2 Å². The Morgan fingerprint density at radius 3 is 2.76 bits per heavy atom. The molecule has 21 heavy (non-hydrogen) atoms. The molecule has 0 aliphatic heterocycles. The number of thiazole rings is 1. The molecular formula is C14H24N4O2S. The van der Waals surface area contributed by atoms with Crippen LogP contribution in [0, 0.1) is 6.92 Å².